The first-order chi connectivity index (χ1) is 4.60. The summed E-state index contributed by atoms with van der Waals surface area (Å²) < 4.78 is 0. The van der Waals surface area contributed by atoms with Gasteiger partial charge in [-0.3, -0.25) is 0 Å². The van der Waals surface area contributed by atoms with Crippen molar-refractivity contribution in [3.63, 3.8) is 0 Å². The van der Waals surface area contributed by atoms with Gasteiger partial charge in [0.25, 0.3) is 0 Å². The minimum absolute atomic E-state index is 0.567. The monoisotopic (exact) mass is 140 g/mol. The van der Waals surface area contributed by atoms with Crippen LogP contribution in [0, 0.1) is 5.41 Å². The highest BCUT2D eigenvalue weighted by Crippen LogP contribution is 2.39. The van der Waals surface area contributed by atoms with E-state index in [4.69, 9.17) is 0 Å². The van der Waals surface area contributed by atoms with Gasteiger partial charge in [-0.05, 0) is 24.7 Å². The van der Waals surface area contributed by atoms with E-state index in [0.717, 1.165) is 0 Å². The highest BCUT2D eigenvalue weighted by atomic mass is 14.3. The van der Waals surface area contributed by atoms with E-state index in [1.54, 1.807) is 0 Å². The van der Waals surface area contributed by atoms with Crippen LogP contribution in [0.2, 0.25) is 0 Å². The molecule has 0 N–H and O–H groups in total. The number of allylic oxidation sites excluding steroid dienone is 1. The zero-order valence-corrected chi connectivity index (χ0v) is 7.83. The smallest absolute Gasteiger partial charge is 0.0271 e. The molecule has 10 heavy (non-hydrogen) atoms. The Morgan fingerprint density at radius 2 is 1.80 bits per heavy atom. The molecular formula is C10H20. The SMILES string of the molecule is C=C1CCC(C)(C)C1.CC. The van der Waals surface area contributed by atoms with Gasteiger partial charge in [0.15, 0.2) is 0 Å². The predicted molar refractivity (Wildman–Crippen MR) is 48.1 cm³/mol. The van der Waals surface area contributed by atoms with Gasteiger partial charge >= 0.3 is 0 Å². The molecule has 0 bridgehead atoms. The van der Waals surface area contributed by atoms with Crippen molar-refractivity contribution in [2.24, 2.45) is 5.41 Å². The molecule has 1 aliphatic rings. The molecule has 60 valence electrons. The Hall–Kier alpha value is -0.260. The van der Waals surface area contributed by atoms with Gasteiger partial charge in [0, 0.05) is 0 Å². The van der Waals surface area contributed by atoms with Crippen LogP contribution in [0.1, 0.15) is 47.0 Å². The van der Waals surface area contributed by atoms with E-state index in [1.807, 2.05) is 13.8 Å². The van der Waals surface area contributed by atoms with Crippen molar-refractivity contribution >= 4 is 0 Å². The second kappa shape index (κ2) is 3.80. The second-order valence-corrected chi connectivity index (χ2v) is 3.59. The Morgan fingerprint density at radius 1 is 1.30 bits per heavy atom. The van der Waals surface area contributed by atoms with Crippen molar-refractivity contribution in [2.75, 3.05) is 0 Å². The topological polar surface area (TPSA) is 0 Å². The molecule has 1 fully saturated rings. The molecule has 0 heteroatoms. The second-order valence-electron chi connectivity index (χ2n) is 3.59. The fourth-order valence-corrected chi connectivity index (χ4v) is 1.37. The molecule has 0 spiro atoms. The average Bonchev–Trinajstić information content (AvgIpc) is 2.15. The summed E-state index contributed by atoms with van der Waals surface area (Å²) in [5.41, 5.74) is 2.01. The number of rotatable bonds is 0. The van der Waals surface area contributed by atoms with E-state index in [0.29, 0.717) is 5.41 Å². The molecule has 0 heterocycles. The largest absolute Gasteiger partial charge is 0.0998 e. The third-order valence-corrected chi connectivity index (χ3v) is 1.88. The molecular weight excluding hydrogens is 120 g/mol. The van der Waals surface area contributed by atoms with Crippen LogP contribution in [0.4, 0.5) is 0 Å². The van der Waals surface area contributed by atoms with Crippen molar-refractivity contribution in [1.82, 2.24) is 0 Å². The molecule has 1 rings (SSSR count). The number of hydrogen-bond donors (Lipinski definition) is 0. The molecule has 1 aliphatic carbocycles. The molecule has 0 aromatic heterocycles. The Morgan fingerprint density at radius 3 is 1.90 bits per heavy atom. The normalized spacial score (nSPS) is 21.8. The fraction of sp³-hybridized carbons (Fsp3) is 0.800. The summed E-state index contributed by atoms with van der Waals surface area (Å²) in [5.74, 6) is 0. The van der Waals surface area contributed by atoms with Crippen LogP contribution in [0.3, 0.4) is 0 Å². The van der Waals surface area contributed by atoms with E-state index >= 15 is 0 Å². The Labute approximate surface area is 65.3 Å². The minimum atomic E-state index is 0.567. The maximum atomic E-state index is 3.95. The Bertz CT molecular complexity index is 109. The third-order valence-electron chi connectivity index (χ3n) is 1.88. The van der Waals surface area contributed by atoms with Crippen LogP contribution in [0.25, 0.3) is 0 Å². The maximum Gasteiger partial charge on any atom is -0.0271 e. The van der Waals surface area contributed by atoms with Crippen LogP contribution >= 0.6 is 0 Å². The van der Waals surface area contributed by atoms with Crippen molar-refractivity contribution in [2.45, 2.75) is 47.0 Å². The zero-order valence-electron chi connectivity index (χ0n) is 7.83. The van der Waals surface area contributed by atoms with Crippen molar-refractivity contribution in [3.8, 4) is 0 Å². The molecule has 0 aromatic carbocycles. The van der Waals surface area contributed by atoms with Crippen LogP contribution in [0.5, 0.6) is 0 Å². The lowest BCUT2D eigenvalue weighted by atomic mass is 9.92. The van der Waals surface area contributed by atoms with Gasteiger partial charge in [0.05, 0.1) is 0 Å². The van der Waals surface area contributed by atoms with Gasteiger partial charge < -0.3 is 0 Å². The highest BCUT2D eigenvalue weighted by Gasteiger charge is 2.24. The standard InChI is InChI=1S/C8H14.C2H6/c1-7-4-5-8(2,3)6-7;1-2/h1,4-6H2,2-3H3;1-2H3. The molecule has 0 aliphatic heterocycles. The van der Waals surface area contributed by atoms with Crippen LogP contribution in [0.15, 0.2) is 12.2 Å². The van der Waals surface area contributed by atoms with E-state index < -0.39 is 0 Å². The van der Waals surface area contributed by atoms with Crippen molar-refractivity contribution in [1.29, 1.82) is 0 Å². The highest BCUT2D eigenvalue weighted by molar-refractivity contribution is 5.05. The number of hydrogen-bond acceptors (Lipinski definition) is 0. The van der Waals surface area contributed by atoms with Crippen molar-refractivity contribution in [3.05, 3.63) is 12.2 Å². The average molecular weight is 140 g/mol. The van der Waals surface area contributed by atoms with Gasteiger partial charge in [-0.1, -0.05) is 39.8 Å². The molecule has 0 aromatic rings. The molecule has 0 nitrogen and oxygen atoms in total. The van der Waals surface area contributed by atoms with Crippen LogP contribution in [-0.4, -0.2) is 0 Å². The van der Waals surface area contributed by atoms with Gasteiger partial charge in [-0.15, -0.1) is 0 Å². The van der Waals surface area contributed by atoms with E-state index in [2.05, 4.69) is 20.4 Å². The van der Waals surface area contributed by atoms with E-state index in [1.165, 1.54) is 24.8 Å². The summed E-state index contributed by atoms with van der Waals surface area (Å²) in [5, 5.41) is 0. The maximum absolute atomic E-state index is 3.95. The first-order valence-electron chi connectivity index (χ1n) is 4.27. The first kappa shape index (κ1) is 9.74. The van der Waals surface area contributed by atoms with Gasteiger partial charge in [-0.2, -0.15) is 0 Å². The molecule has 0 atom stereocenters. The van der Waals surface area contributed by atoms with Gasteiger partial charge in [-0.25, -0.2) is 0 Å². The third kappa shape index (κ3) is 3.05. The first-order valence-corrected chi connectivity index (χ1v) is 4.27. The summed E-state index contributed by atoms with van der Waals surface area (Å²) >= 11 is 0. The van der Waals surface area contributed by atoms with Gasteiger partial charge in [0.2, 0.25) is 0 Å². The van der Waals surface area contributed by atoms with Gasteiger partial charge in [0.1, 0.15) is 0 Å². The van der Waals surface area contributed by atoms with E-state index in [9.17, 15) is 0 Å². The minimum Gasteiger partial charge on any atom is -0.0998 e. The summed E-state index contributed by atoms with van der Waals surface area (Å²) in [6.07, 6.45) is 3.84. The summed E-state index contributed by atoms with van der Waals surface area (Å²) in [6, 6.07) is 0. The lowest BCUT2D eigenvalue weighted by Gasteiger charge is -2.13. The molecule has 0 saturated heterocycles. The molecule has 0 radical (unpaired) electrons. The van der Waals surface area contributed by atoms with Crippen LogP contribution < -0.4 is 0 Å². The van der Waals surface area contributed by atoms with E-state index in [-0.39, 0.29) is 0 Å². The zero-order chi connectivity index (χ0) is 8.20. The fourth-order valence-electron chi connectivity index (χ4n) is 1.37. The Balaban J connectivity index is 0.000000371. The summed E-state index contributed by atoms with van der Waals surface area (Å²) in [6.45, 7) is 12.6. The predicted octanol–water partition coefficient (Wildman–Crippen LogP) is 3.78. The summed E-state index contributed by atoms with van der Waals surface area (Å²) in [4.78, 5) is 0. The molecule has 0 amide bonds. The Kier molecular flexibility index (Phi) is 3.70. The van der Waals surface area contributed by atoms with Crippen LogP contribution in [-0.2, 0) is 0 Å². The lowest BCUT2D eigenvalue weighted by Crippen LogP contribution is -2.02. The van der Waals surface area contributed by atoms with Crippen molar-refractivity contribution < 1.29 is 0 Å². The molecule has 0 unspecified atom stereocenters. The lowest BCUT2D eigenvalue weighted by molar-refractivity contribution is 0.389. The summed E-state index contributed by atoms with van der Waals surface area (Å²) in [7, 11) is 0. The quantitative estimate of drug-likeness (QED) is 0.449. The molecule has 1 saturated carbocycles.